The van der Waals surface area contributed by atoms with Crippen LogP contribution in [0.4, 0.5) is 4.39 Å². The summed E-state index contributed by atoms with van der Waals surface area (Å²) in [6, 6.07) is 5.76. The van der Waals surface area contributed by atoms with Gasteiger partial charge in [0.05, 0.1) is 6.54 Å². The fourth-order valence-corrected chi connectivity index (χ4v) is 1.83. The lowest BCUT2D eigenvalue weighted by atomic mass is 10.1. The Balaban J connectivity index is 2.60. The Kier molecular flexibility index (Phi) is 5.84. The van der Waals surface area contributed by atoms with Gasteiger partial charge in [0.2, 0.25) is 0 Å². The number of carbonyl (C=O) groups excluding carboxylic acids is 1. The van der Waals surface area contributed by atoms with Gasteiger partial charge in [-0.1, -0.05) is 13.8 Å². The summed E-state index contributed by atoms with van der Waals surface area (Å²) >= 11 is 0. The van der Waals surface area contributed by atoms with Gasteiger partial charge in [-0.25, -0.2) is 4.39 Å². The number of hydrogen-bond donors (Lipinski definition) is 0. The molecule has 2 nitrogen and oxygen atoms in total. The van der Waals surface area contributed by atoms with E-state index >= 15 is 0 Å². The van der Waals surface area contributed by atoms with E-state index in [1.807, 2.05) is 0 Å². The first-order chi connectivity index (χ1) is 8.17. The van der Waals surface area contributed by atoms with Gasteiger partial charge in [0.25, 0.3) is 0 Å². The van der Waals surface area contributed by atoms with Crippen molar-refractivity contribution in [3.05, 3.63) is 35.6 Å². The molecule has 1 rings (SSSR count). The Morgan fingerprint density at radius 1 is 1.12 bits per heavy atom. The molecule has 0 atom stereocenters. The smallest absolute Gasteiger partial charge is 0.176 e. The molecule has 0 N–H and O–H groups in total. The molecular weight excluding hydrogens is 217 g/mol. The fourth-order valence-electron chi connectivity index (χ4n) is 1.83. The molecule has 17 heavy (non-hydrogen) atoms. The van der Waals surface area contributed by atoms with Crippen molar-refractivity contribution in [2.75, 3.05) is 19.6 Å². The van der Waals surface area contributed by atoms with Crippen LogP contribution in [0.2, 0.25) is 0 Å². The molecule has 0 fully saturated rings. The molecule has 0 heterocycles. The second-order valence-electron chi connectivity index (χ2n) is 4.21. The topological polar surface area (TPSA) is 20.3 Å². The highest BCUT2D eigenvalue weighted by atomic mass is 19.1. The van der Waals surface area contributed by atoms with E-state index < -0.39 is 0 Å². The van der Waals surface area contributed by atoms with Crippen LogP contribution in [0, 0.1) is 5.82 Å². The summed E-state index contributed by atoms with van der Waals surface area (Å²) in [5, 5.41) is 0. The van der Waals surface area contributed by atoms with Crippen LogP contribution in [0.1, 0.15) is 37.0 Å². The third-order valence-electron chi connectivity index (χ3n) is 2.61. The van der Waals surface area contributed by atoms with Gasteiger partial charge in [0, 0.05) is 5.56 Å². The zero-order chi connectivity index (χ0) is 12.7. The predicted molar refractivity (Wildman–Crippen MR) is 67.8 cm³/mol. The van der Waals surface area contributed by atoms with Crippen molar-refractivity contribution < 1.29 is 9.18 Å². The Hall–Kier alpha value is -1.22. The summed E-state index contributed by atoms with van der Waals surface area (Å²) in [6.45, 7) is 6.49. The van der Waals surface area contributed by atoms with E-state index in [0.29, 0.717) is 12.1 Å². The largest absolute Gasteiger partial charge is 0.296 e. The highest BCUT2D eigenvalue weighted by Crippen LogP contribution is 2.05. The molecular formula is C14H20FNO. The summed E-state index contributed by atoms with van der Waals surface area (Å²) < 4.78 is 12.7. The number of rotatable bonds is 7. The van der Waals surface area contributed by atoms with Crippen molar-refractivity contribution in [3.63, 3.8) is 0 Å². The summed E-state index contributed by atoms with van der Waals surface area (Å²) in [4.78, 5) is 14.1. The number of hydrogen-bond acceptors (Lipinski definition) is 2. The van der Waals surface area contributed by atoms with Gasteiger partial charge in [0.1, 0.15) is 5.82 Å². The van der Waals surface area contributed by atoms with E-state index in [0.717, 1.165) is 25.9 Å². The van der Waals surface area contributed by atoms with Gasteiger partial charge in [0.15, 0.2) is 5.78 Å². The average Bonchev–Trinajstić information content (AvgIpc) is 2.30. The second kappa shape index (κ2) is 7.17. The molecule has 1 aromatic carbocycles. The number of halogens is 1. The summed E-state index contributed by atoms with van der Waals surface area (Å²) in [7, 11) is 0. The molecule has 3 heteroatoms. The lowest BCUT2D eigenvalue weighted by Crippen LogP contribution is -2.31. The molecule has 0 amide bonds. The van der Waals surface area contributed by atoms with Gasteiger partial charge in [-0.15, -0.1) is 0 Å². The van der Waals surface area contributed by atoms with Crippen molar-refractivity contribution >= 4 is 5.78 Å². The zero-order valence-electron chi connectivity index (χ0n) is 10.6. The molecule has 0 unspecified atom stereocenters. The highest BCUT2D eigenvalue weighted by molar-refractivity contribution is 5.97. The maximum absolute atomic E-state index is 12.7. The van der Waals surface area contributed by atoms with E-state index in [9.17, 15) is 9.18 Å². The van der Waals surface area contributed by atoms with Gasteiger partial charge in [-0.05, 0) is 50.2 Å². The molecule has 0 radical (unpaired) electrons. The number of carbonyl (C=O) groups is 1. The lowest BCUT2D eigenvalue weighted by molar-refractivity contribution is 0.0930. The second-order valence-corrected chi connectivity index (χ2v) is 4.21. The van der Waals surface area contributed by atoms with Crippen molar-refractivity contribution in [1.29, 1.82) is 0 Å². The summed E-state index contributed by atoms with van der Waals surface area (Å²) in [5.74, 6) is -0.243. The number of benzene rings is 1. The summed E-state index contributed by atoms with van der Waals surface area (Å²) in [6.07, 6.45) is 2.08. The Bertz CT molecular complexity index is 342. The lowest BCUT2D eigenvalue weighted by Gasteiger charge is -2.19. The maximum Gasteiger partial charge on any atom is 0.176 e. The molecule has 0 aliphatic heterocycles. The Morgan fingerprint density at radius 2 is 1.65 bits per heavy atom. The SMILES string of the molecule is CCCN(CCC)CC(=O)c1ccc(F)cc1. The Labute approximate surface area is 102 Å². The van der Waals surface area contributed by atoms with Crippen LogP contribution >= 0.6 is 0 Å². The molecule has 0 spiro atoms. The predicted octanol–water partition coefficient (Wildman–Crippen LogP) is 3.13. The standard InChI is InChI=1S/C14H20FNO/c1-3-9-16(10-4-2)11-14(17)12-5-7-13(15)8-6-12/h5-8H,3-4,9-11H2,1-2H3. The monoisotopic (exact) mass is 237 g/mol. The van der Waals surface area contributed by atoms with Crippen molar-refractivity contribution in [1.82, 2.24) is 4.90 Å². The number of ketones is 1. The van der Waals surface area contributed by atoms with E-state index in [-0.39, 0.29) is 11.6 Å². The first-order valence-corrected chi connectivity index (χ1v) is 6.18. The molecule has 94 valence electrons. The third kappa shape index (κ3) is 4.65. The van der Waals surface area contributed by atoms with E-state index in [1.165, 1.54) is 12.1 Å². The number of Topliss-reactive ketones (excluding diaryl/α,β-unsaturated/α-hetero) is 1. The molecule has 0 bridgehead atoms. The van der Waals surface area contributed by atoms with Crippen molar-refractivity contribution in [3.8, 4) is 0 Å². The quantitative estimate of drug-likeness (QED) is 0.679. The molecule has 0 saturated carbocycles. The van der Waals surface area contributed by atoms with Crippen LogP contribution in [0.5, 0.6) is 0 Å². The summed E-state index contributed by atoms with van der Waals surface area (Å²) in [5.41, 5.74) is 0.587. The molecule has 0 aliphatic rings. The van der Waals surface area contributed by atoms with Gasteiger partial charge < -0.3 is 0 Å². The van der Waals surface area contributed by atoms with Gasteiger partial charge in [-0.2, -0.15) is 0 Å². The van der Waals surface area contributed by atoms with Crippen LogP contribution in [0.15, 0.2) is 24.3 Å². The minimum atomic E-state index is -0.305. The van der Waals surface area contributed by atoms with Crippen LogP contribution in [-0.2, 0) is 0 Å². The first kappa shape index (κ1) is 13.8. The van der Waals surface area contributed by atoms with Crippen LogP contribution in [0.25, 0.3) is 0 Å². The van der Waals surface area contributed by atoms with E-state index in [1.54, 1.807) is 12.1 Å². The van der Waals surface area contributed by atoms with Crippen LogP contribution in [-0.4, -0.2) is 30.3 Å². The van der Waals surface area contributed by atoms with Crippen molar-refractivity contribution in [2.45, 2.75) is 26.7 Å². The average molecular weight is 237 g/mol. The van der Waals surface area contributed by atoms with E-state index in [4.69, 9.17) is 0 Å². The normalized spacial score (nSPS) is 10.8. The minimum absolute atomic E-state index is 0.0619. The molecule has 0 aliphatic carbocycles. The highest BCUT2D eigenvalue weighted by Gasteiger charge is 2.11. The van der Waals surface area contributed by atoms with Crippen LogP contribution < -0.4 is 0 Å². The zero-order valence-corrected chi connectivity index (χ0v) is 10.6. The third-order valence-corrected chi connectivity index (χ3v) is 2.61. The molecule has 1 aromatic rings. The van der Waals surface area contributed by atoms with Crippen molar-refractivity contribution in [2.24, 2.45) is 0 Å². The first-order valence-electron chi connectivity index (χ1n) is 6.18. The number of nitrogens with zero attached hydrogens (tertiary/aromatic N) is 1. The molecule has 0 saturated heterocycles. The van der Waals surface area contributed by atoms with Gasteiger partial charge in [-0.3, -0.25) is 9.69 Å². The van der Waals surface area contributed by atoms with Gasteiger partial charge >= 0.3 is 0 Å². The minimum Gasteiger partial charge on any atom is -0.296 e. The van der Waals surface area contributed by atoms with Crippen LogP contribution in [0.3, 0.4) is 0 Å². The molecule has 0 aromatic heterocycles. The Morgan fingerprint density at radius 3 is 2.12 bits per heavy atom. The van der Waals surface area contributed by atoms with E-state index in [2.05, 4.69) is 18.7 Å². The maximum atomic E-state index is 12.7. The fraction of sp³-hybridized carbons (Fsp3) is 0.500.